The van der Waals surface area contributed by atoms with Gasteiger partial charge in [-0.2, -0.15) is 5.10 Å². The number of fused-ring (bicyclic) bond motifs is 1. The van der Waals surface area contributed by atoms with E-state index in [1.54, 1.807) is 0 Å². The van der Waals surface area contributed by atoms with Crippen molar-refractivity contribution in [2.75, 3.05) is 0 Å². The van der Waals surface area contributed by atoms with Gasteiger partial charge in [0.2, 0.25) is 11.8 Å². The molecule has 0 bridgehead atoms. The minimum atomic E-state index is -0.639. The Labute approximate surface area is 151 Å². The smallest absolute Gasteiger partial charge is 0.243 e. The second kappa shape index (κ2) is 7.86. The van der Waals surface area contributed by atoms with Gasteiger partial charge in [0.25, 0.3) is 0 Å². The highest BCUT2D eigenvalue weighted by atomic mass is 16.2. The first kappa shape index (κ1) is 17.7. The van der Waals surface area contributed by atoms with E-state index in [0.717, 1.165) is 34.3 Å². The molecule has 0 saturated heterocycles. The maximum absolute atomic E-state index is 12.6. The summed E-state index contributed by atoms with van der Waals surface area (Å²) in [6.07, 6.45) is 3.13. The van der Waals surface area contributed by atoms with Crippen LogP contribution in [-0.4, -0.2) is 33.0 Å². The molecule has 0 spiro atoms. The molecule has 1 unspecified atom stereocenters. The summed E-state index contributed by atoms with van der Waals surface area (Å²) in [6.45, 7) is 3.78. The molecule has 136 valence electrons. The molecule has 3 aromatic rings. The summed E-state index contributed by atoms with van der Waals surface area (Å²) in [5.41, 5.74) is 3.79. The van der Waals surface area contributed by atoms with Gasteiger partial charge in [-0.25, -0.2) is 0 Å². The molecule has 4 N–H and O–H groups in total. The number of nitrogens with one attached hydrogen (secondary N) is 4. The van der Waals surface area contributed by atoms with Crippen molar-refractivity contribution in [3.05, 3.63) is 53.5 Å². The van der Waals surface area contributed by atoms with Crippen molar-refractivity contribution in [1.29, 1.82) is 0 Å². The fourth-order valence-electron chi connectivity index (χ4n) is 2.96. The first-order chi connectivity index (χ1) is 12.6. The van der Waals surface area contributed by atoms with E-state index in [9.17, 15) is 9.59 Å². The van der Waals surface area contributed by atoms with Crippen LogP contribution in [0.25, 0.3) is 10.9 Å². The van der Waals surface area contributed by atoms with Crippen molar-refractivity contribution >= 4 is 22.7 Å². The van der Waals surface area contributed by atoms with Crippen LogP contribution in [0.1, 0.15) is 30.8 Å². The number of para-hydroxylation sites is 1. The molecule has 3 rings (SSSR count). The molecule has 7 heteroatoms. The molecule has 0 aliphatic heterocycles. The van der Waals surface area contributed by atoms with E-state index in [4.69, 9.17) is 0 Å². The third kappa shape index (κ3) is 4.11. The van der Waals surface area contributed by atoms with E-state index in [1.165, 1.54) is 6.92 Å². The number of aryl methyl sites for hydroxylation is 1. The first-order valence-electron chi connectivity index (χ1n) is 8.69. The van der Waals surface area contributed by atoms with E-state index >= 15 is 0 Å². The highest BCUT2D eigenvalue weighted by Crippen LogP contribution is 2.19. The molecule has 2 heterocycles. The van der Waals surface area contributed by atoms with Gasteiger partial charge in [-0.05, 0) is 24.1 Å². The lowest BCUT2D eigenvalue weighted by Crippen LogP contribution is -2.47. The first-order valence-corrected chi connectivity index (χ1v) is 8.69. The van der Waals surface area contributed by atoms with Crippen LogP contribution in [-0.2, 0) is 29.0 Å². The van der Waals surface area contributed by atoms with Gasteiger partial charge < -0.3 is 15.6 Å². The van der Waals surface area contributed by atoms with Gasteiger partial charge in [-0.1, -0.05) is 25.1 Å². The predicted octanol–water partition coefficient (Wildman–Crippen LogP) is 1.82. The summed E-state index contributed by atoms with van der Waals surface area (Å²) in [4.78, 5) is 27.4. The fourth-order valence-corrected chi connectivity index (χ4v) is 2.96. The second-order valence-electron chi connectivity index (χ2n) is 6.27. The standard InChI is InChI=1S/C19H23N5O2/c1-3-14-9-15(24-23-14)11-21-19(26)18(22-12(2)25)8-13-10-20-17-7-5-4-6-16(13)17/h4-7,9-10,18,20H,3,8,11H2,1-2H3,(H,21,26)(H,22,25)(H,23,24). The minimum Gasteiger partial charge on any atom is -0.361 e. The van der Waals surface area contributed by atoms with E-state index in [1.807, 2.05) is 43.5 Å². The molecule has 0 aliphatic carbocycles. The molecule has 2 aromatic heterocycles. The molecule has 0 fully saturated rings. The number of H-pyrrole nitrogens is 2. The molecular weight excluding hydrogens is 330 g/mol. The van der Waals surface area contributed by atoms with Crippen LogP contribution in [0.5, 0.6) is 0 Å². The average Bonchev–Trinajstić information content (AvgIpc) is 3.26. The van der Waals surface area contributed by atoms with Crippen molar-refractivity contribution in [3.63, 3.8) is 0 Å². The zero-order valence-corrected chi connectivity index (χ0v) is 14.9. The molecule has 1 aromatic carbocycles. The van der Waals surface area contributed by atoms with Crippen molar-refractivity contribution in [1.82, 2.24) is 25.8 Å². The van der Waals surface area contributed by atoms with Crippen LogP contribution in [0.15, 0.2) is 36.5 Å². The maximum Gasteiger partial charge on any atom is 0.243 e. The molecular formula is C19H23N5O2. The minimum absolute atomic E-state index is 0.224. The monoisotopic (exact) mass is 353 g/mol. The largest absolute Gasteiger partial charge is 0.361 e. The Balaban J connectivity index is 1.70. The molecule has 7 nitrogen and oxygen atoms in total. The Morgan fingerprint density at radius 1 is 1.27 bits per heavy atom. The normalized spacial score (nSPS) is 12.1. The molecule has 0 saturated carbocycles. The SMILES string of the molecule is CCc1cc(CNC(=O)C(Cc2c[nH]c3ccccc23)NC(C)=O)[nH]n1. The Morgan fingerprint density at radius 2 is 2.08 bits per heavy atom. The summed E-state index contributed by atoms with van der Waals surface area (Å²) in [6, 6.07) is 9.18. The summed E-state index contributed by atoms with van der Waals surface area (Å²) < 4.78 is 0. The van der Waals surface area contributed by atoms with Crippen LogP contribution in [0.3, 0.4) is 0 Å². The number of carbonyl (C=O) groups is 2. The van der Waals surface area contributed by atoms with Crippen LogP contribution in [0, 0.1) is 0 Å². The van der Waals surface area contributed by atoms with E-state index in [-0.39, 0.29) is 11.8 Å². The molecule has 26 heavy (non-hydrogen) atoms. The van der Waals surface area contributed by atoms with Crippen LogP contribution in [0.2, 0.25) is 0 Å². The topological polar surface area (TPSA) is 103 Å². The van der Waals surface area contributed by atoms with Crippen molar-refractivity contribution in [2.45, 2.75) is 39.3 Å². The van der Waals surface area contributed by atoms with Gasteiger partial charge in [0.1, 0.15) is 6.04 Å². The Bertz CT molecular complexity index is 911. The van der Waals surface area contributed by atoms with Gasteiger partial charge in [0, 0.05) is 30.4 Å². The number of amides is 2. The quantitative estimate of drug-likeness (QED) is 0.521. The molecule has 0 radical (unpaired) electrons. The number of benzene rings is 1. The molecule has 2 amide bonds. The Morgan fingerprint density at radius 3 is 2.81 bits per heavy atom. The Kier molecular flexibility index (Phi) is 5.36. The number of hydrogen-bond acceptors (Lipinski definition) is 3. The number of carbonyl (C=O) groups excluding carboxylic acids is 2. The summed E-state index contributed by atoms with van der Waals surface area (Å²) in [5, 5.41) is 13.7. The van der Waals surface area contributed by atoms with Crippen LogP contribution in [0.4, 0.5) is 0 Å². The number of rotatable bonds is 7. The second-order valence-corrected chi connectivity index (χ2v) is 6.27. The van der Waals surface area contributed by atoms with Crippen LogP contribution < -0.4 is 10.6 Å². The highest BCUT2D eigenvalue weighted by molar-refractivity contribution is 5.89. The number of aromatic nitrogens is 3. The van der Waals surface area contributed by atoms with Crippen LogP contribution >= 0.6 is 0 Å². The third-order valence-electron chi connectivity index (χ3n) is 4.29. The average molecular weight is 353 g/mol. The van der Waals surface area contributed by atoms with Crippen molar-refractivity contribution in [3.8, 4) is 0 Å². The summed E-state index contributed by atoms with van der Waals surface area (Å²) >= 11 is 0. The molecule has 1 atom stereocenters. The maximum atomic E-state index is 12.6. The van der Waals surface area contributed by atoms with E-state index in [2.05, 4.69) is 25.8 Å². The summed E-state index contributed by atoms with van der Waals surface area (Å²) in [5.74, 6) is -0.460. The third-order valence-corrected chi connectivity index (χ3v) is 4.29. The fraction of sp³-hybridized carbons (Fsp3) is 0.316. The van der Waals surface area contributed by atoms with Gasteiger partial charge in [0.05, 0.1) is 17.9 Å². The van der Waals surface area contributed by atoms with Gasteiger partial charge >= 0.3 is 0 Å². The predicted molar refractivity (Wildman–Crippen MR) is 99.4 cm³/mol. The zero-order chi connectivity index (χ0) is 18.5. The van der Waals surface area contributed by atoms with Crippen molar-refractivity contribution in [2.24, 2.45) is 0 Å². The molecule has 0 aliphatic rings. The van der Waals surface area contributed by atoms with E-state index < -0.39 is 6.04 Å². The van der Waals surface area contributed by atoms with Gasteiger partial charge in [-0.15, -0.1) is 0 Å². The van der Waals surface area contributed by atoms with Gasteiger partial charge in [0.15, 0.2) is 0 Å². The van der Waals surface area contributed by atoms with Crippen molar-refractivity contribution < 1.29 is 9.59 Å². The lowest BCUT2D eigenvalue weighted by atomic mass is 10.0. The lowest BCUT2D eigenvalue weighted by molar-refractivity contribution is -0.128. The number of hydrogen-bond donors (Lipinski definition) is 4. The summed E-state index contributed by atoms with van der Waals surface area (Å²) in [7, 11) is 0. The Hall–Kier alpha value is -3.09. The number of nitrogens with zero attached hydrogens (tertiary/aromatic N) is 1. The highest BCUT2D eigenvalue weighted by Gasteiger charge is 2.21. The zero-order valence-electron chi connectivity index (χ0n) is 14.9. The lowest BCUT2D eigenvalue weighted by Gasteiger charge is -2.17. The van der Waals surface area contributed by atoms with E-state index in [0.29, 0.717) is 13.0 Å². The van der Waals surface area contributed by atoms with Gasteiger partial charge in [-0.3, -0.25) is 14.7 Å². The number of aromatic amines is 2.